The van der Waals surface area contributed by atoms with Gasteiger partial charge >= 0.3 is 0 Å². The molecule has 1 amide bonds. The number of amides is 1. The number of anilines is 3. The molecule has 8 nitrogen and oxygen atoms in total. The van der Waals surface area contributed by atoms with Crippen molar-refractivity contribution >= 4 is 23.4 Å². The number of ether oxygens (including phenoxy) is 1. The molecule has 2 heterocycles. The predicted octanol–water partition coefficient (Wildman–Crippen LogP) is 2.84. The number of aryl methyl sites for hydroxylation is 1. The number of aromatic nitrogens is 2. The van der Waals surface area contributed by atoms with Crippen molar-refractivity contribution in [1.29, 1.82) is 5.26 Å². The summed E-state index contributed by atoms with van der Waals surface area (Å²) in [5, 5.41) is 15.3. The van der Waals surface area contributed by atoms with E-state index in [4.69, 9.17) is 10.00 Å². The number of carbonyl (C=O) groups is 1. The van der Waals surface area contributed by atoms with E-state index in [2.05, 4.69) is 20.6 Å². The van der Waals surface area contributed by atoms with Crippen LogP contribution >= 0.6 is 0 Å². The summed E-state index contributed by atoms with van der Waals surface area (Å²) < 4.78 is 18.9. The lowest BCUT2D eigenvalue weighted by Gasteiger charge is -2.36. The number of halogens is 1. The smallest absolute Gasteiger partial charge is 0.246 e. The average molecular weight is 410 g/mol. The zero-order valence-corrected chi connectivity index (χ0v) is 17.1. The Hall–Kier alpha value is -3.41. The maximum absolute atomic E-state index is 13.2. The molecule has 1 aliphatic heterocycles. The summed E-state index contributed by atoms with van der Waals surface area (Å²) in [4.78, 5) is 23.0. The van der Waals surface area contributed by atoms with Crippen molar-refractivity contribution in [2.24, 2.45) is 5.92 Å². The molecule has 0 unspecified atom stereocenters. The van der Waals surface area contributed by atoms with Crippen molar-refractivity contribution in [3.63, 3.8) is 0 Å². The zero-order chi connectivity index (χ0) is 21.4. The largest absolute Gasteiger partial charge is 0.492 e. The van der Waals surface area contributed by atoms with Gasteiger partial charge < -0.3 is 20.3 Å². The number of likely N-dealkylation sites (N-methyl/N-ethyl adjacent to an activating group) is 1. The number of carbonyl (C=O) groups excluding carboxylic acids is 1. The predicted molar refractivity (Wildman–Crippen MR) is 110 cm³/mol. The average Bonchev–Trinajstić information content (AvgIpc) is 2.69. The Kier molecular flexibility index (Phi) is 5.16. The quantitative estimate of drug-likeness (QED) is 0.781. The van der Waals surface area contributed by atoms with E-state index in [0.717, 1.165) is 12.8 Å². The van der Waals surface area contributed by atoms with Crippen LogP contribution in [-0.4, -0.2) is 41.6 Å². The van der Waals surface area contributed by atoms with Gasteiger partial charge in [-0.15, -0.1) is 0 Å². The number of nitriles is 1. The summed E-state index contributed by atoms with van der Waals surface area (Å²) >= 11 is 0. The van der Waals surface area contributed by atoms with Crippen molar-refractivity contribution in [1.82, 2.24) is 9.97 Å². The Morgan fingerprint density at radius 2 is 2.17 bits per heavy atom. The van der Waals surface area contributed by atoms with Gasteiger partial charge in [0.2, 0.25) is 11.9 Å². The van der Waals surface area contributed by atoms with Crippen LogP contribution in [0.4, 0.5) is 21.8 Å². The fraction of sp³-hybridized carbons (Fsp3) is 0.429. The van der Waals surface area contributed by atoms with Gasteiger partial charge in [0.1, 0.15) is 29.4 Å². The number of hydrogen-bond acceptors (Lipinski definition) is 7. The summed E-state index contributed by atoms with van der Waals surface area (Å²) in [6.45, 7) is 4.15. The fourth-order valence-electron chi connectivity index (χ4n) is 3.71. The highest BCUT2D eigenvalue weighted by Gasteiger charge is 2.33. The summed E-state index contributed by atoms with van der Waals surface area (Å²) in [5.41, 5.74) is 1.57. The Bertz CT molecular complexity index is 1030. The maximum Gasteiger partial charge on any atom is 0.246 e. The Balaban J connectivity index is 1.34. The molecule has 1 atom stereocenters. The number of hydrogen-bond donors (Lipinski definition) is 2. The van der Waals surface area contributed by atoms with Gasteiger partial charge in [0.05, 0.1) is 17.9 Å². The molecular weight excluding hydrogens is 387 g/mol. The van der Waals surface area contributed by atoms with Crippen LogP contribution in [0.15, 0.2) is 18.2 Å². The molecule has 0 bridgehead atoms. The van der Waals surface area contributed by atoms with Crippen molar-refractivity contribution in [3.05, 3.63) is 35.3 Å². The summed E-state index contributed by atoms with van der Waals surface area (Å²) in [7, 11) is 1.85. The van der Waals surface area contributed by atoms with E-state index in [-0.39, 0.29) is 23.6 Å². The van der Waals surface area contributed by atoms with Crippen LogP contribution in [0.1, 0.15) is 31.0 Å². The second-order valence-corrected chi connectivity index (χ2v) is 7.85. The third-order valence-electron chi connectivity index (χ3n) is 5.72. The summed E-state index contributed by atoms with van der Waals surface area (Å²) in [6.07, 6.45) is 1.76. The third-order valence-corrected chi connectivity index (χ3v) is 5.72. The highest BCUT2D eigenvalue weighted by Crippen LogP contribution is 2.34. The minimum absolute atomic E-state index is 0.0695. The van der Waals surface area contributed by atoms with E-state index in [1.54, 1.807) is 0 Å². The van der Waals surface area contributed by atoms with Gasteiger partial charge in [-0.25, -0.2) is 9.37 Å². The minimum atomic E-state index is -0.452. The minimum Gasteiger partial charge on any atom is -0.492 e. The molecule has 2 aliphatic rings. The zero-order valence-electron chi connectivity index (χ0n) is 17.1. The third kappa shape index (κ3) is 3.73. The molecule has 1 saturated carbocycles. The van der Waals surface area contributed by atoms with Crippen LogP contribution in [0.25, 0.3) is 0 Å². The second kappa shape index (κ2) is 7.78. The van der Waals surface area contributed by atoms with E-state index in [0.29, 0.717) is 41.4 Å². The number of rotatable bonds is 5. The number of nitrogens with zero attached hydrogens (tertiary/aromatic N) is 4. The molecule has 1 aliphatic carbocycles. The van der Waals surface area contributed by atoms with E-state index in [9.17, 15) is 9.18 Å². The molecule has 2 N–H and O–H groups in total. The first-order valence-electron chi connectivity index (χ1n) is 9.87. The molecule has 0 saturated heterocycles. The lowest BCUT2D eigenvalue weighted by atomic mass is 9.81. The maximum atomic E-state index is 13.2. The van der Waals surface area contributed by atoms with E-state index >= 15 is 0 Å². The van der Waals surface area contributed by atoms with Crippen LogP contribution in [0.3, 0.4) is 0 Å². The van der Waals surface area contributed by atoms with Crippen molar-refractivity contribution in [2.75, 3.05) is 29.2 Å². The van der Waals surface area contributed by atoms with Crippen LogP contribution in [0.5, 0.6) is 5.75 Å². The molecule has 1 aromatic carbocycles. The molecule has 0 spiro atoms. The SMILES string of the molecule is Cc1nc(NC2CC(COc3ccc(F)cc3C#N)C2)nc2c1NC(=O)[C@H](C)N2C. The standard InChI is InChI=1S/C21H23FN6O2/c1-11-18-19(28(3)12(2)20(29)26-18)27-21(24-11)25-16-6-13(7-16)10-30-17-5-4-15(22)8-14(17)9-23/h4-5,8,12-13,16H,6-7,10H2,1-3H3,(H,26,29)(H,24,25,27)/t12-,13?,16?/m0/s1. The molecule has 9 heteroatoms. The van der Waals surface area contributed by atoms with Crippen LogP contribution in [0.2, 0.25) is 0 Å². The molecule has 30 heavy (non-hydrogen) atoms. The lowest BCUT2D eigenvalue weighted by Crippen LogP contribution is -2.45. The number of nitrogens with one attached hydrogen (secondary N) is 2. The summed E-state index contributed by atoms with van der Waals surface area (Å²) in [5.74, 6) is 1.46. The van der Waals surface area contributed by atoms with Crippen molar-refractivity contribution in [3.8, 4) is 11.8 Å². The van der Waals surface area contributed by atoms with Gasteiger partial charge in [0.25, 0.3) is 0 Å². The Morgan fingerprint density at radius 1 is 1.40 bits per heavy atom. The van der Waals surface area contributed by atoms with Crippen molar-refractivity contribution in [2.45, 2.75) is 38.8 Å². The van der Waals surface area contributed by atoms with E-state index < -0.39 is 5.82 Å². The number of fused-ring (bicyclic) bond motifs is 1. The molecule has 0 radical (unpaired) electrons. The van der Waals surface area contributed by atoms with Gasteiger partial charge in [-0.2, -0.15) is 10.2 Å². The monoisotopic (exact) mass is 410 g/mol. The van der Waals surface area contributed by atoms with Crippen LogP contribution < -0.4 is 20.3 Å². The van der Waals surface area contributed by atoms with Crippen LogP contribution in [0, 0.1) is 30.0 Å². The van der Waals surface area contributed by atoms with Gasteiger partial charge in [-0.1, -0.05) is 0 Å². The first-order chi connectivity index (χ1) is 14.4. The molecule has 2 aromatic rings. The highest BCUT2D eigenvalue weighted by molar-refractivity contribution is 6.03. The van der Waals surface area contributed by atoms with Gasteiger partial charge in [0, 0.05) is 13.1 Å². The first-order valence-corrected chi connectivity index (χ1v) is 9.87. The molecule has 4 rings (SSSR count). The molecule has 156 valence electrons. The van der Waals surface area contributed by atoms with Gasteiger partial charge in [-0.3, -0.25) is 4.79 Å². The fourth-order valence-corrected chi connectivity index (χ4v) is 3.71. The molecular formula is C21H23FN6O2. The molecule has 1 aromatic heterocycles. The Morgan fingerprint density at radius 3 is 2.90 bits per heavy atom. The van der Waals surface area contributed by atoms with E-state index in [1.165, 1.54) is 18.2 Å². The van der Waals surface area contributed by atoms with Crippen LogP contribution in [-0.2, 0) is 4.79 Å². The molecule has 1 fully saturated rings. The Labute approximate surface area is 174 Å². The van der Waals surface area contributed by atoms with Crippen molar-refractivity contribution < 1.29 is 13.9 Å². The van der Waals surface area contributed by atoms with Gasteiger partial charge in [0.15, 0.2) is 5.82 Å². The van der Waals surface area contributed by atoms with E-state index in [1.807, 2.05) is 31.9 Å². The topological polar surface area (TPSA) is 103 Å². The second-order valence-electron chi connectivity index (χ2n) is 7.85. The highest BCUT2D eigenvalue weighted by atomic mass is 19.1. The summed E-state index contributed by atoms with van der Waals surface area (Å²) in [6, 6.07) is 5.83. The van der Waals surface area contributed by atoms with Gasteiger partial charge in [-0.05, 0) is 50.8 Å². The first kappa shape index (κ1) is 19.9. The normalized spacial score (nSPS) is 22.4. The lowest BCUT2D eigenvalue weighted by molar-refractivity contribution is -0.117. The number of benzene rings is 1.